The second kappa shape index (κ2) is 9.92. The van der Waals surface area contributed by atoms with Crippen LogP contribution >= 0.6 is 0 Å². The Balaban J connectivity index is 1.46. The van der Waals surface area contributed by atoms with Gasteiger partial charge in [0, 0.05) is 25.7 Å². The number of urea groups is 1. The van der Waals surface area contributed by atoms with Crippen molar-refractivity contribution in [2.75, 3.05) is 13.1 Å². The number of carboxylic acids is 1. The lowest BCUT2D eigenvalue weighted by Crippen LogP contribution is -2.44. The molecule has 2 aliphatic rings. The highest BCUT2D eigenvalue weighted by Gasteiger charge is 2.26. The number of piperidine rings is 1. The lowest BCUT2D eigenvalue weighted by Gasteiger charge is -2.31. The van der Waals surface area contributed by atoms with E-state index in [2.05, 4.69) is 40.7 Å². The molecule has 28 heavy (non-hydrogen) atoms. The highest BCUT2D eigenvalue weighted by Crippen LogP contribution is 2.24. The van der Waals surface area contributed by atoms with Crippen LogP contribution in [0, 0.1) is 11.8 Å². The number of aliphatic carboxylic acids is 1. The molecule has 3 rings (SSSR count). The number of likely N-dealkylation sites (tertiary alicyclic amines) is 1. The van der Waals surface area contributed by atoms with E-state index in [0.29, 0.717) is 19.4 Å². The third-order valence-electron chi connectivity index (χ3n) is 6.10. The summed E-state index contributed by atoms with van der Waals surface area (Å²) in [6, 6.07) is 8.22. The van der Waals surface area contributed by atoms with Crippen LogP contribution in [0.4, 0.5) is 4.79 Å². The molecule has 1 unspecified atom stereocenters. The van der Waals surface area contributed by atoms with E-state index in [1.54, 1.807) is 0 Å². The molecule has 1 heterocycles. The van der Waals surface area contributed by atoms with Crippen LogP contribution in [0.5, 0.6) is 0 Å². The fourth-order valence-electron chi connectivity index (χ4n) is 4.45. The average Bonchev–Trinajstić information content (AvgIpc) is 2.68. The fourth-order valence-corrected chi connectivity index (χ4v) is 4.45. The van der Waals surface area contributed by atoms with Crippen LogP contribution in [0.2, 0.25) is 0 Å². The van der Waals surface area contributed by atoms with Crippen LogP contribution in [0.1, 0.15) is 56.6 Å². The molecule has 0 spiro atoms. The predicted molar refractivity (Wildman–Crippen MR) is 109 cm³/mol. The first-order chi connectivity index (χ1) is 13.5. The smallest absolute Gasteiger partial charge is 0.315 e. The summed E-state index contributed by atoms with van der Waals surface area (Å²) in [6.07, 6.45) is 5.30. The van der Waals surface area contributed by atoms with Crippen molar-refractivity contribution in [2.45, 2.75) is 64.6 Å². The van der Waals surface area contributed by atoms with Crippen molar-refractivity contribution in [1.82, 2.24) is 15.5 Å². The third kappa shape index (κ3) is 5.96. The first kappa shape index (κ1) is 20.6. The molecular formula is C22H33N3O3. The Morgan fingerprint density at radius 3 is 2.50 bits per heavy atom. The van der Waals surface area contributed by atoms with Crippen molar-refractivity contribution in [3.05, 3.63) is 35.4 Å². The van der Waals surface area contributed by atoms with E-state index in [9.17, 15) is 9.59 Å². The van der Waals surface area contributed by atoms with E-state index in [-0.39, 0.29) is 18.0 Å². The van der Waals surface area contributed by atoms with Gasteiger partial charge in [-0.1, -0.05) is 31.2 Å². The van der Waals surface area contributed by atoms with Gasteiger partial charge in [-0.2, -0.15) is 0 Å². The number of carbonyl (C=O) groups excluding carboxylic acids is 1. The van der Waals surface area contributed by atoms with E-state index >= 15 is 0 Å². The van der Waals surface area contributed by atoms with E-state index < -0.39 is 5.97 Å². The minimum absolute atomic E-state index is 0.0701. The van der Waals surface area contributed by atoms with Gasteiger partial charge in [0.05, 0.1) is 5.92 Å². The Hall–Kier alpha value is -2.08. The van der Waals surface area contributed by atoms with E-state index in [0.717, 1.165) is 44.0 Å². The van der Waals surface area contributed by atoms with Gasteiger partial charge in [0.2, 0.25) is 0 Å². The minimum atomic E-state index is -0.720. The molecule has 154 valence electrons. The highest BCUT2D eigenvalue weighted by atomic mass is 16.4. The second-order valence-corrected chi connectivity index (χ2v) is 8.47. The van der Waals surface area contributed by atoms with Crippen LogP contribution in [0.15, 0.2) is 24.3 Å². The van der Waals surface area contributed by atoms with Gasteiger partial charge in [-0.15, -0.1) is 0 Å². The number of hydrogen-bond acceptors (Lipinski definition) is 3. The predicted octanol–water partition coefficient (Wildman–Crippen LogP) is 3.36. The topological polar surface area (TPSA) is 81.7 Å². The van der Waals surface area contributed by atoms with Gasteiger partial charge < -0.3 is 15.7 Å². The molecule has 1 saturated heterocycles. The molecule has 1 aromatic rings. The third-order valence-corrected chi connectivity index (χ3v) is 6.10. The zero-order valence-electron chi connectivity index (χ0n) is 16.8. The Morgan fingerprint density at radius 1 is 1.11 bits per heavy atom. The first-order valence-electron chi connectivity index (χ1n) is 10.6. The molecule has 1 aliphatic carbocycles. The lowest BCUT2D eigenvalue weighted by molar-refractivity contribution is -0.142. The highest BCUT2D eigenvalue weighted by molar-refractivity contribution is 5.74. The van der Waals surface area contributed by atoms with Crippen molar-refractivity contribution in [1.29, 1.82) is 0 Å². The summed E-state index contributed by atoms with van der Waals surface area (Å²) in [5.74, 6) is -0.228. The molecule has 1 aromatic carbocycles. The Labute approximate surface area is 167 Å². The Morgan fingerprint density at radius 2 is 1.82 bits per heavy atom. The molecule has 1 atom stereocenters. The maximum atomic E-state index is 12.3. The molecule has 3 N–H and O–H groups in total. The van der Waals surface area contributed by atoms with E-state index in [1.165, 1.54) is 18.4 Å². The molecular weight excluding hydrogens is 354 g/mol. The summed E-state index contributed by atoms with van der Waals surface area (Å²) in [6.45, 7) is 6.04. The minimum Gasteiger partial charge on any atom is -0.481 e. The van der Waals surface area contributed by atoms with Crippen LogP contribution in [0.25, 0.3) is 0 Å². The van der Waals surface area contributed by atoms with Gasteiger partial charge in [0.25, 0.3) is 0 Å². The van der Waals surface area contributed by atoms with Crippen LogP contribution in [-0.2, 0) is 17.9 Å². The summed E-state index contributed by atoms with van der Waals surface area (Å²) < 4.78 is 0. The lowest BCUT2D eigenvalue weighted by atomic mass is 9.86. The number of carboxylic acid groups (broad SMARTS) is 1. The van der Waals surface area contributed by atoms with Crippen LogP contribution in [-0.4, -0.2) is 41.1 Å². The summed E-state index contributed by atoms with van der Waals surface area (Å²) in [7, 11) is 0. The largest absolute Gasteiger partial charge is 0.481 e. The number of benzene rings is 1. The number of carbonyl (C=O) groups is 2. The monoisotopic (exact) mass is 387 g/mol. The fraction of sp³-hybridized carbons (Fsp3) is 0.636. The Bertz CT molecular complexity index is 671. The average molecular weight is 388 g/mol. The van der Waals surface area contributed by atoms with Crippen LogP contribution < -0.4 is 10.6 Å². The molecule has 0 radical (unpaired) electrons. The summed E-state index contributed by atoms with van der Waals surface area (Å²) in [5.41, 5.74) is 2.43. The SMILES string of the molecule is CC1CCCN(Cc2ccccc2CNC(=O)NC2CCC(C(=O)O)CC2)C1. The zero-order chi connectivity index (χ0) is 19.9. The zero-order valence-corrected chi connectivity index (χ0v) is 16.8. The van der Waals surface area contributed by atoms with Gasteiger partial charge in [-0.3, -0.25) is 9.69 Å². The molecule has 6 heteroatoms. The molecule has 0 aromatic heterocycles. The molecule has 1 aliphatic heterocycles. The van der Waals surface area contributed by atoms with Crippen LogP contribution in [0.3, 0.4) is 0 Å². The van der Waals surface area contributed by atoms with Gasteiger partial charge >= 0.3 is 12.0 Å². The summed E-state index contributed by atoms with van der Waals surface area (Å²) >= 11 is 0. The second-order valence-electron chi connectivity index (χ2n) is 8.47. The van der Waals surface area contributed by atoms with Crippen molar-refractivity contribution in [2.24, 2.45) is 11.8 Å². The number of amides is 2. The maximum Gasteiger partial charge on any atom is 0.315 e. The molecule has 2 amide bonds. The number of hydrogen-bond donors (Lipinski definition) is 3. The van der Waals surface area contributed by atoms with Crippen molar-refractivity contribution in [3.63, 3.8) is 0 Å². The number of nitrogens with zero attached hydrogens (tertiary/aromatic N) is 1. The van der Waals surface area contributed by atoms with Crippen molar-refractivity contribution in [3.8, 4) is 0 Å². The van der Waals surface area contributed by atoms with Gasteiger partial charge in [0.1, 0.15) is 0 Å². The van der Waals surface area contributed by atoms with E-state index in [1.807, 2.05) is 6.07 Å². The normalized spacial score (nSPS) is 25.8. The van der Waals surface area contributed by atoms with Gasteiger partial charge in [0.15, 0.2) is 0 Å². The summed E-state index contributed by atoms with van der Waals surface area (Å²) in [5, 5.41) is 15.1. The van der Waals surface area contributed by atoms with Gasteiger partial charge in [-0.25, -0.2) is 4.79 Å². The molecule has 6 nitrogen and oxygen atoms in total. The Kier molecular flexibility index (Phi) is 7.31. The quantitative estimate of drug-likeness (QED) is 0.699. The van der Waals surface area contributed by atoms with Crippen molar-refractivity contribution < 1.29 is 14.7 Å². The summed E-state index contributed by atoms with van der Waals surface area (Å²) in [4.78, 5) is 25.8. The maximum absolute atomic E-state index is 12.3. The van der Waals surface area contributed by atoms with E-state index in [4.69, 9.17) is 5.11 Å². The molecule has 0 bridgehead atoms. The molecule has 1 saturated carbocycles. The van der Waals surface area contributed by atoms with Gasteiger partial charge in [-0.05, 0) is 62.1 Å². The number of rotatable bonds is 6. The van der Waals surface area contributed by atoms with Crippen molar-refractivity contribution >= 4 is 12.0 Å². The molecule has 2 fully saturated rings. The first-order valence-corrected chi connectivity index (χ1v) is 10.6. The number of nitrogens with one attached hydrogen (secondary N) is 2. The standard InChI is InChI=1S/C22H33N3O3/c1-16-5-4-12-25(14-16)15-19-7-3-2-6-18(19)13-23-22(28)24-20-10-8-17(9-11-20)21(26)27/h2-3,6-7,16-17,20H,4-5,8-15H2,1H3,(H,26,27)(H2,23,24,28).